The Morgan fingerprint density at radius 3 is 2.76 bits per heavy atom. The number of hydrogen-bond donors (Lipinski definition) is 0. The quantitative estimate of drug-likeness (QED) is 0.332. The molecule has 17 heavy (non-hydrogen) atoms. The average Bonchev–Trinajstić information content (AvgIpc) is 2.27. The van der Waals surface area contributed by atoms with E-state index in [-0.39, 0.29) is 0 Å². The lowest BCUT2D eigenvalue weighted by molar-refractivity contribution is 0.0804. The number of nitrogens with zero attached hydrogens (tertiary/aromatic N) is 2. The molecule has 0 fully saturated rings. The van der Waals surface area contributed by atoms with Crippen molar-refractivity contribution in [1.82, 2.24) is 9.97 Å². The molecule has 0 aliphatic rings. The summed E-state index contributed by atoms with van der Waals surface area (Å²) in [5, 5.41) is 0.998. The molecule has 0 N–H and O–H groups in total. The molecule has 0 aliphatic heterocycles. The van der Waals surface area contributed by atoms with Gasteiger partial charge in [0.25, 0.3) is 0 Å². The minimum atomic E-state index is 0.391. The molecular weight excluding hydrogens is 260 g/mol. The lowest BCUT2D eigenvalue weighted by atomic mass is 10.2. The maximum Gasteiger partial charge on any atom is 0.218 e. The van der Waals surface area contributed by atoms with Gasteiger partial charge in [-0.15, -0.1) is 0 Å². The monoisotopic (exact) mass is 276 g/mol. The van der Waals surface area contributed by atoms with Gasteiger partial charge in [0.05, 0.1) is 6.61 Å². The van der Waals surface area contributed by atoms with Crippen LogP contribution in [0.15, 0.2) is 11.2 Å². The van der Waals surface area contributed by atoms with E-state index in [2.05, 4.69) is 23.8 Å². The molecule has 0 radical (unpaired) electrons. The Balaban J connectivity index is 2.33. The SMILES string of the molecule is CSc1nc(Cl)cc(OCCOCC(C)C)n1. The van der Waals surface area contributed by atoms with Gasteiger partial charge in [-0.05, 0) is 12.2 Å². The lowest BCUT2D eigenvalue weighted by Gasteiger charge is -2.08. The first kappa shape index (κ1) is 14.5. The highest BCUT2D eigenvalue weighted by molar-refractivity contribution is 7.98. The highest BCUT2D eigenvalue weighted by Crippen LogP contribution is 2.18. The Kier molecular flexibility index (Phi) is 6.62. The number of aromatic nitrogens is 2. The second-order valence-corrected chi connectivity index (χ2v) is 4.99. The van der Waals surface area contributed by atoms with E-state index in [4.69, 9.17) is 21.1 Å². The van der Waals surface area contributed by atoms with Crippen molar-refractivity contribution in [2.75, 3.05) is 26.1 Å². The Morgan fingerprint density at radius 2 is 2.12 bits per heavy atom. The molecule has 4 nitrogen and oxygen atoms in total. The zero-order valence-corrected chi connectivity index (χ0v) is 11.8. The molecule has 96 valence electrons. The van der Waals surface area contributed by atoms with Gasteiger partial charge in [0.2, 0.25) is 5.88 Å². The summed E-state index contributed by atoms with van der Waals surface area (Å²) >= 11 is 7.26. The molecule has 6 heteroatoms. The van der Waals surface area contributed by atoms with Crippen LogP contribution in [0.1, 0.15) is 13.8 Å². The van der Waals surface area contributed by atoms with Crippen molar-refractivity contribution >= 4 is 23.4 Å². The van der Waals surface area contributed by atoms with Crippen LogP contribution in [-0.2, 0) is 4.74 Å². The molecule has 1 aromatic heterocycles. The zero-order valence-electron chi connectivity index (χ0n) is 10.3. The van der Waals surface area contributed by atoms with Crippen LogP contribution in [0, 0.1) is 5.92 Å². The molecule has 0 bridgehead atoms. The standard InChI is InChI=1S/C11H17ClN2O2S/c1-8(2)7-15-4-5-16-10-6-9(12)13-11(14-10)17-3/h6,8H,4-5,7H2,1-3H3. The summed E-state index contributed by atoms with van der Waals surface area (Å²) in [5.74, 6) is 1.02. The highest BCUT2D eigenvalue weighted by atomic mass is 35.5. The molecule has 0 atom stereocenters. The first-order valence-corrected chi connectivity index (χ1v) is 7.01. The van der Waals surface area contributed by atoms with Gasteiger partial charge < -0.3 is 9.47 Å². The molecule has 0 spiro atoms. The second kappa shape index (κ2) is 7.74. The van der Waals surface area contributed by atoms with Gasteiger partial charge in [-0.2, -0.15) is 4.98 Å². The molecule has 0 unspecified atom stereocenters. The van der Waals surface area contributed by atoms with Crippen LogP contribution in [0.25, 0.3) is 0 Å². The summed E-state index contributed by atoms with van der Waals surface area (Å²) in [6, 6.07) is 1.60. The number of halogens is 1. The van der Waals surface area contributed by atoms with Crippen LogP contribution in [0.5, 0.6) is 5.88 Å². The Labute approximate surface area is 111 Å². The van der Waals surface area contributed by atoms with E-state index in [9.17, 15) is 0 Å². The summed E-state index contributed by atoms with van der Waals surface area (Å²) < 4.78 is 10.8. The summed E-state index contributed by atoms with van der Waals surface area (Å²) in [6.45, 7) is 5.97. The molecule has 0 saturated heterocycles. The first-order valence-electron chi connectivity index (χ1n) is 5.41. The van der Waals surface area contributed by atoms with E-state index in [0.717, 1.165) is 6.61 Å². The van der Waals surface area contributed by atoms with Gasteiger partial charge in [0.15, 0.2) is 5.16 Å². The van der Waals surface area contributed by atoms with Crippen molar-refractivity contribution in [2.24, 2.45) is 5.92 Å². The first-order chi connectivity index (χ1) is 8.11. The smallest absolute Gasteiger partial charge is 0.218 e. The van der Waals surface area contributed by atoms with E-state index in [1.165, 1.54) is 11.8 Å². The normalized spacial score (nSPS) is 10.9. The molecule has 0 aromatic carbocycles. The van der Waals surface area contributed by atoms with Crippen LogP contribution in [-0.4, -0.2) is 36.0 Å². The third-order valence-corrected chi connectivity index (χ3v) is 2.50. The maximum atomic E-state index is 5.83. The zero-order chi connectivity index (χ0) is 12.7. The maximum absolute atomic E-state index is 5.83. The molecule has 1 heterocycles. The van der Waals surface area contributed by atoms with E-state index in [1.54, 1.807) is 6.07 Å². The van der Waals surface area contributed by atoms with E-state index < -0.39 is 0 Å². The van der Waals surface area contributed by atoms with Crippen LogP contribution in [0.3, 0.4) is 0 Å². The Morgan fingerprint density at radius 1 is 1.35 bits per heavy atom. The van der Waals surface area contributed by atoms with Crippen molar-refractivity contribution in [3.63, 3.8) is 0 Å². The molecule has 0 amide bonds. The fraction of sp³-hybridized carbons (Fsp3) is 0.636. The third-order valence-electron chi connectivity index (χ3n) is 1.76. The lowest BCUT2D eigenvalue weighted by Crippen LogP contribution is -2.11. The number of thioether (sulfide) groups is 1. The number of rotatable bonds is 7. The van der Waals surface area contributed by atoms with Crippen molar-refractivity contribution < 1.29 is 9.47 Å². The van der Waals surface area contributed by atoms with E-state index in [1.807, 2.05) is 6.26 Å². The van der Waals surface area contributed by atoms with Crippen LogP contribution in [0.2, 0.25) is 5.15 Å². The second-order valence-electron chi connectivity index (χ2n) is 3.83. The predicted molar refractivity (Wildman–Crippen MR) is 70.0 cm³/mol. The van der Waals surface area contributed by atoms with Crippen molar-refractivity contribution in [3.8, 4) is 5.88 Å². The van der Waals surface area contributed by atoms with Gasteiger partial charge in [0, 0.05) is 12.7 Å². The van der Waals surface area contributed by atoms with Gasteiger partial charge in [-0.1, -0.05) is 37.2 Å². The van der Waals surface area contributed by atoms with Crippen LogP contribution >= 0.6 is 23.4 Å². The minimum Gasteiger partial charge on any atom is -0.475 e. The summed E-state index contributed by atoms with van der Waals surface area (Å²) in [6.07, 6.45) is 1.89. The average molecular weight is 277 g/mol. The fourth-order valence-electron chi connectivity index (χ4n) is 1.07. The number of ether oxygens (including phenoxy) is 2. The van der Waals surface area contributed by atoms with Crippen LogP contribution < -0.4 is 4.74 Å². The minimum absolute atomic E-state index is 0.391. The molecule has 0 saturated carbocycles. The molecular formula is C11H17ClN2O2S. The van der Waals surface area contributed by atoms with Gasteiger partial charge in [-0.3, -0.25) is 0 Å². The van der Waals surface area contributed by atoms with Crippen molar-refractivity contribution in [3.05, 3.63) is 11.2 Å². The largest absolute Gasteiger partial charge is 0.475 e. The van der Waals surface area contributed by atoms with E-state index >= 15 is 0 Å². The Bertz CT molecular complexity index is 350. The summed E-state index contributed by atoms with van der Waals surface area (Å²) in [7, 11) is 0. The molecule has 1 aromatic rings. The van der Waals surface area contributed by atoms with Crippen molar-refractivity contribution in [2.45, 2.75) is 19.0 Å². The third kappa shape index (κ3) is 6.10. The van der Waals surface area contributed by atoms with Gasteiger partial charge in [-0.25, -0.2) is 4.98 Å². The highest BCUT2D eigenvalue weighted by Gasteiger charge is 2.03. The molecule has 1 rings (SSSR count). The van der Waals surface area contributed by atoms with E-state index in [0.29, 0.717) is 35.3 Å². The topological polar surface area (TPSA) is 44.2 Å². The Hall–Kier alpha value is -0.520. The predicted octanol–water partition coefficient (Wildman–Crippen LogP) is 2.90. The fourth-order valence-corrected chi connectivity index (χ4v) is 1.66. The van der Waals surface area contributed by atoms with Crippen molar-refractivity contribution in [1.29, 1.82) is 0 Å². The van der Waals surface area contributed by atoms with Gasteiger partial charge in [0.1, 0.15) is 11.8 Å². The number of hydrogen-bond acceptors (Lipinski definition) is 5. The molecule has 0 aliphatic carbocycles. The summed E-state index contributed by atoms with van der Waals surface area (Å²) in [4.78, 5) is 8.20. The van der Waals surface area contributed by atoms with Gasteiger partial charge >= 0.3 is 0 Å². The van der Waals surface area contributed by atoms with Crippen LogP contribution in [0.4, 0.5) is 0 Å². The summed E-state index contributed by atoms with van der Waals surface area (Å²) in [5.41, 5.74) is 0.